The van der Waals surface area contributed by atoms with E-state index in [4.69, 9.17) is 0 Å². The van der Waals surface area contributed by atoms with Crippen LogP contribution in [0, 0.1) is 17.0 Å². The number of pyridine rings is 1. The monoisotopic (exact) mass is 340 g/mol. The number of aryl methyl sites for hydroxylation is 1. The standard InChI is InChI=1S/C19H24N4O2/c1-14-3-8-19(20-13-14)22-11-9-17(10-12-22)21-15(2)16-4-6-18(7-5-16)23(24)25/h3-8,13,15,17,21H,9-12H2,1-2H3/t15-/m1/s1. The minimum Gasteiger partial charge on any atom is -0.357 e. The number of benzene rings is 1. The Labute approximate surface area is 148 Å². The van der Waals surface area contributed by atoms with Gasteiger partial charge in [0, 0.05) is 43.5 Å². The zero-order valence-electron chi connectivity index (χ0n) is 14.7. The number of non-ortho nitro benzene ring substituents is 1. The summed E-state index contributed by atoms with van der Waals surface area (Å²) in [7, 11) is 0. The van der Waals surface area contributed by atoms with Crippen LogP contribution in [0.4, 0.5) is 11.5 Å². The van der Waals surface area contributed by atoms with Crippen LogP contribution in [0.15, 0.2) is 42.6 Å². The average Bonchev–Trinajstić information content (AvgIpc) is 2.63. The molecular weight excluding hydrogens is 316 g/mol. The molecule has 1 fully saturated rings. The van der Waals surface area contributed by atoms with Gasteiger partial charge in [0.2, 0.25) is 0 Å². The second-order valence-corrected chi connectivity index (χ2v) is 6.69. The Morgan fingerprint density at radius 3 is 2.44 bits per heavy atom. The molecule has 0 aliphatic carbocycles. The first-order valence-corrected chi connectivity index (χ1v) is 8.71. The van der Waals surface area contributed by atoms with Gasteiger partial charge in [0.15, 0.2) is 0 Å². The van der Waals surface area contributed by atoms with E-state index in [1.54, 1.807) is 12.1 Å². The summed E-state index contributed by atoms with van der Waals surface area (Å²) in [5, 5.41) is 14.4. The lowest BCUT2D eigenvalue weighted by Gasteiger charge is -2.34. The Bertz CT molecular complexity index is 707. The minimum atomic E-state index is -0.364. The van der Waals surface area contributed by atoms with Crippen molar-refractivity contribution in [2.24, 2.45) is 0 Å². The number of nitrogens with one attached hydrogen (secondary N) is 1. The molecule has 132 valence electrons. The highest BCUT2D eigenvalue weighted by molar-refractivity contribution is 5.39. The van der Waals surface area contributed by atoms with Gasteiger partial charge in [-0.15, -0.1) is 0 Å². The molecule has 2 aromatic rings. The number of anilines is 1. The summed E-state index contributed by atoms with van der Waals surface area (Å²) < 4.78 is 0. The fourth-order valence-corrected chi connectivity index (χ4v) is 3.26. The van der Waals surface area contributed by atoms with Crippen LogP contribution in [-0.2, 0) is 0 Å². The van der Waals surface area contributed by atoms with Crippen molar-refractivity contribution in [2.75, 3.05) is 18.0 Å². The van der Waals surface area contributed by atoms with E-state index >= 15 is 0 Å². The number of rotatable bonds is 5. The van der Waals surface area contributed by atoms with Crippen LogP contribution < -0.4 is 10.2 Å². The van der Waals surface area contributed by atoms with E-state index < -0.39 is 0 Å². The number of nitro benzene ring substituents is 1. The summed E-state index contributed by atoms with van der Waals surface area (Å²) >= 11 is 0. The second kappa shape index (κ2) is 7.61. The third kappa shape index (κ3) is 4.33. The maximum absolute atomic E-state index is 10.7. The summed E-state index contributed by atoms with van der Waals surface area (Å²) in [5.74, 6) is 1.05. The van der Waals surface area contributed by atoms with Gasteiger partial charge in [-0.25, -0.2) is 4.98 Å². The number of hydrogen-bond acceptors (Lipinski definition) is 5. The van der Waals surface area contributed by atoms with Crippen molar-refractivity contribution in [1.29, 1.82) is 0 Å². The summed E-state index contributed by atoms with van der Waals surface area (Å²) in [4.78, 5) is 17.2. The quantitative estimate of drug-likeness (QED) is 0.665. The predicted molar refractivity (Wildman–Crippen MR) is 98.9 cm³/mol. The normalized spacial score (nSPS) is 16.6. The van der Waals surface area contributed by atoms with E-state index in [-0.39, 0.29) is 16.7 Å². The summed E-state index contributed by atoms with van der Waals surface area (Å²) in [6, 6.07) is 11.6. The smallest absolute Gasteiger partial charge is 0.269 e. The number of nitro groups is 1. The van der Waals surface area contributed by atoms with Gasteiger partial charge in [0.1, 0.15) is 5.82 Å². The van der Waals surface area contributed by atoms with Crippen LogP contribution in [-0.4, -0.2) is 29.0 Å². The molecule has 1 aliphatic rings. The third-order valence-corrected chi connectivity index (χ3v) is 4.80. The first kappa shape index (κ1) is 17.4. The first-order chi connectivity index (χ1) is 12.0. The molecule has 1 atom stereocenters. The van der Waals surface area contributed by atoms with Crippen LogP contribution in [0.1, 0.15) is 36.9 Å². The van der Waals surface area contributed by atoms with E-state index in [0.717, 1.165) is 37.3 Å². The van der Waals surface area contributed by atoms with Gasteiger partial charge in [-0.3, -0.25) is 10.1 Å². The van der Waals surface area contributed by atoms with Gasteiger partial charge in [0.25, 0.3) is 5.69 Å². The van der Waals surface area contributed by atoms with Crippen LogP contribution in [0.3, 0.4) is 0 Å². The summed E-state index contributed by atoms with van der Waals surface area (Å²) in [6.07, 6.45) is 4.04. The largest absolute Gasteiger partial charge is 0.357 e. The zero-order valence-corrected chi connectivity index (χ0v) is 14.7. The molecule has 1 aliphatic heterocycles. The van der Waals surface area contributed by atoms with Crippen LogP contribution in [0.2, 0.25) is 0 Å². The van der Waals surface area contributed by atoms with Crippen molar-refractivity contribution in [3.8, 4) is 0 Å². The highest BCUT2D eigenvalue weighted by atomic mass is 16.6. The van der Waals surface area contributed by atoms with Crippen LogP contribution in [0.25, 0.3) is 0 Å². The maximum Gasteiger partial charge on any atom is 0.269 e. The molecule has 6 heteroatoms. The molecule has 2 heterocycles. The SMILES string of the molecule is Cc1ccc(N2CCC(N[C@H](C)c3ccc([N+](=O)[O-])cc3)CC2)nc1. The molecule has 0 unspecified atom stereocenters. The molecule has 0 amide bonds. The zero-order chi connectivity index (χ0) is 17.8. The van der Waals surface area contributed by atoms with Crippen molar-refractivity contribution in [1.82, 2.24) is 10.3 Å². The fraction of sp³-hybridized carbons (Fsp3) is 0.421. The Hall–Kier alpha value is -2.47. The molecule has 1 saturated heterocycles. The lowest BCUT2D eigenvalue weighted by atomic mass is 10.0. The Morgan fingerprint density at radius 1 is 1.20 bits per heavy atom. The number of hydrogen-bond donors (Lipinski definition) is 1. The molecule has 25 heavy (non-hydrogen) atoms. The van der Waals surface area contributed by atoms with E-state index in [1.165, 1.54) is 5.56 Å². The molecule has 0 saturated carbocycles. The summed E-state index contributed by atoms with van der Waals surface area (Å²) in [6.45, 7) is 6.13. The topological polar surface area (TPSA) is 71.3 Å². The molecule has 0 radical (unpaired) electrons. The highest BCUT2D eigenvalue weighted by Gasteiger charge is 2.21. The Balaban J connectivity index is 1.53. The molecule has 1 N–H and O–H groups in total. The van der Waals surface area contributed by atoms with Gasteiger partial charge < -0.3 is 10.2 Å². The minimum absolute atomic E-state index is 0.134. The molecule has 0 bridgehead atoms. The lowest BCUT2D eigenvalue weighted by molar-refractivity contribution is -0.384. The van der Waals surface area contributed by atoms with Crippen LogP contribution in [0.5, 0.6) is 0 Å². The average molecular weight is 340 g/mol. The Kier molecular flexibility index (Phi) is 5.28. The fourth-order valence-electron chi connectivity index (χ4n) is 3.26. The van der Waals surface area contributed by atoms with E-state index in [2.05, 4.69) is 34.3 Å². The lowest BCUT2D eigenvalue weighted by Crippen LogP contribution is -2.43. The second-order valence-electron chi connectivity index (χ2n) is 6.69. The van der Waals surface area contributed by atoms with Crippen molar-refractivity contribution in [3.05, 3.63) is 63.8 Å². The first-order valence-electron chi connectivity index (χ1n) is 8.71. The van der Waals surface area contributed by atoms with E-state index in [9.17, 15) is 10.1 Å². The van der Waals surface area contributed by atoms with Crippen molar-refractivity contribution < 1.29 is 4.92 Å². The van der Waals surface area contributed by atoms with Crippen molar-refractivity contribution >= 4 is 11.5 Å². The third-order valence-electron chi connectivity index (χ3n) is 4.80. The molecule has 3 rings (SSSR count). The number of piperidine rings is 1. The molecular formula is C19H24N4O2. The van der Waals surface area contributed by atoms with Crippen molar-refractivity contribution in [2.45, 2.75) is 38.8 Å². The van der Waals surface area contributed by atoms with Gasteiger partial charge >= 0.3 is 0 Å². The Morgan fingerprint density at radius 2 is 1.88 bits per heavy atom. The molecule has 6 nitrogen and oxygen atoms in total. The predicted octanol–water partition coefficient (Wildman–Crippen LogP) is 3.62. The molecule has 0 spiro atoms. The van der Waals surface area contributed by atoms with Gasteiger partial charge in [0.05, 0.1) is 4.92 Å². The molecule has 1 aromatic heterocycles. The maximum atomic E-state index is 10.7. The highest BCUT2D eigenvalue weighted by Crippen LogP contribution is 2.22. The van der Waals surface area contributed by atoms with E-state index in [0.29, 0.717) is 6.04 Å². The van der Waals surface area contributed by atoms with Gasteiger partial charge in [-0.1, -0.05) is 18.2 Å². The van der Waals surface area contributed by atoms with Gasteiger partial charge in [-0.2, -0.15) is 0 Å². The summed E-state index contributed by atoms with van der Waals surface area (Å²) in [5.41, 5.74) is 2.39. The number of nitrogens with zero attached hydrogens (tertiary/aromatic N) is 3. The van der Waals surface area contributed by atoms with E-state index in [1.807, 2.05) is 25.3 Å². The van der Waals surface area contributed by atoms with Crippen molar-refractivity contribution in [3.63, 3.8) is 0 Å². The number of aromatic nitrogens is 1. The van der Waals surface area contributed by atoms with Gasteiger partial charge in [-0.05, 0) is 43.9 Å². The van der Waals surface area contributed by atoms with Crippen LogP contribution >= 0.6 is 0 Å². The molecule has 1 aromatic carbocycles.